The molecule has 6 heteroatoms. The van der Waals surface area contributed by atoms with E-state index in [4.69, 9.17) is 9.84 Å². The van der Waals surface area contributed by atoms with Crippen molar-refractivity contribution in [2.75, 3.05) is 32.8 Å². The van der Waals surface area contributed by atoms with Crippen molar-refractivity contribution in [2.45, 2.75) is 32.1 Å². The van der Waals surface area contributed by atoms with Gasteiger partial charge in [-0.05, 0) is 38.0 Å². The van der Waals surface area contributed by atoms with Crippen LogP contribution in [0.2, 0.25) is 0 Å². The van der Waals surface area contributed by atoms with Crippen molar-refractivity contribution in [3.63, 3.8) is 0 Å². The number of ether oxygens (including phenoxy) is 1. The van der Waals surface area contributed by atoms with E-state index in [9.17, 15) is 9.59 Å². The molecule has 6 nitrogen and oxygen atoms in total. The highest BCUT2D eigenvalue weighted by Crippen LogP contribution is 2.28. The average molecular weight is 284 g/mol. The number of carbonyl (C=O) groups excluding carboxylic acids is 1. The fraction of sp³-hybridized carbons (Fsp3) is 0.857. The van der Waals surface area contributed by atoms with Gasteiger partial charge >= 0.3 is 12.0 Å². The molecule has 2 aliphatic rings. The minimum atomic E-state index is -0.752. The number of hydrogen-bond acceptors (Lipinski definition) is 3. The molecule has 20 heavy (non-hydrogen) atoms. The maximum atomic E-state index is 11.9. The number of piperidine rings is 1. The van der Waals surface area contributed by atoms with Gasteiger partial charge in [0.25, 0.3) is 0 Å². The fourth-order valence-corrected chi connectivity index (χ4v) is 2.35. The van der Waals surface area contributed by atoms with Crippen LogP contribution in [0.15, 0.2) is 0 Å². The third-order valence-electron chi connectivity index (χ3n) is 3.92. The number of rotatable bonds is 7. The van der Waals surface area contributed by atoms with Crippen molar-refractivity contribution in [1.29, 1.82) is 0 Å². The van der Waals surface area contributed by atoms with E-state index in [1.54, 1.807) is 4.90 Å². The summed E-state index contributed by atoms with van der Waals surface area (Å²) >= 11 is 0. The number of urea groups is 1. The summed E-state index contributed by atoms with van der Waals surface area (Å²) in [5.74, 6) is -0.270. The Morgan fingerprint density at radius 3 is 2.50 bits per heavy atom. The Balaban J connectivity index is 1.50. The molecule has 2 N–H and O–H groups in total. The van der Waals surface area contributed by atoms with Gasteiger partial charge < -0.3 is 20.1 Å². The predicted octanol–water partition coefficient (Wildman–Crippen LogP) is 1.31. The molecule has 0 unspecified atom stereocenters. The van der Waals surface area contributed by atoms with Crippen molar-refractivity contribution in [3.8, 4) is 0 Å². The van der Waals surface area contributed by atoms with Crippen LogP contribution in [-0.4, -0.2) is 54.9 Å². The second-order valence-corrected chi connectivity index (χ2v) is 5.70. The zero-order valence-electron chi connectivity index (χ0n) is 11.8. The van der Waals surface area contributed by atoms with Gasteiger partial charge in [-0.1, -0.05) is 0 Å². The first-order chi connectivity index (χ1) is 9.66. The Morgan fingerprint density at radius 1 is 1.20 bits per heavy atom. The SMILES string of the molecule is O=C(O)C1CCN(C(=O)NCCCOCC2CC2)CC1. The molecule has 1 heterocycles. The number of nitrogens with one attached hydrogen (secondary N) is 1. The molecule has 0 aromatic rings. The Bertz CT molecular complexity index is 336. The average Bonchev–Trinajstić information content (AvgIpc) is 3.26. The first-order valence-electron chi connectivity index (χ1n) is 7.50. The number of carboxylic acid groups (broad SMARTS) is 1. The minimum Gasteiger partial charge on any atom is -0.481 e. The van der Waals surface area contributed by atoms with Crippen LogP contribution in [-0.2, 0) is 9.53 Å². The zero-order valence-corrected chi connectivity index (χ0v) is 11.8. The van der Waals surface area contributed by atoms with Crippen LogP contribution in [0.4, 0.5) is 4.79 Å². The molecule has 2 fully saturated rings. The summed E-state index contributed by atoms with van der Waals surface area (Å²) in [6.07, 6.45) is 4.51. The van der Waals surface area contributed by atoms with Crippen molar-refractivity contribution in [1.82, 2.24) is 10.2 Å². The largest absolute Gasteiger partial charge is 0.481 e. The van der Waals surface area contributed by atoms with Gasteiger partial charge in [0.05, 0.1) is 5.92 Å². The molecule has 0 bridgehead atoms. The highest BCUT2D eigenvalue weighted by Gasteiger charge is 2.26. The van der Waals surface area contributed by atoms with Crippen LogP contribution in [0.5, 0.6) is 0 Å². The van der Waals surface area contributed by atoms with Crippen LogP contribution in [0, 0.1) is 11.8 Å². The van der Waals surface area contributed by atoms with Gasteiger partial charge in [0.2, 0.25) is 0 Å². The zero-order chi connectivity index (χ0) is 14.4. The smallest absolute Gasteiger partial charge is 0.317 e. The number of amides is 2. The predicted molar refractivity (Wildman–Crippen MR) is 73.5 cm³/mol. The highest BCUT2D eigenvalue weighted by molar-refractivity contribution is 5.75. The summed E-state index contributed by atoms with van der Waals surface area (Å²) in [6.45, 7) is 3.22. The Morgan fingerprint density at radius 2 is 1.90 bits per heavy atom. The normalized spacial score (nSPS) is 19.9. The van der Waals surface area contributed by atoms with E-state index in [-0.39, 0.29) is 11.9 Å². The van der Waals surface area contributed by atoms with Gasteiger partial charge in [0.1, 0.15) is 0 Å². The van der Waals surface area contributed by atoms with E-state index in [2.05, 4.69) is 5.32 Å². The monoisotopic (exact) mass is 284 g/mol. The van der Waals surface area contributed by atoms with Crippen molar-refractivity contribution >= 4 is 12.0 Å². The summed E-state index contributed by atoms with van der Waals surface area (Å²) in [5, 5.41) is 11.8. The van der Waals surface area contributed by atoms with E-state index < -0.39 is 5.97 Å². The molecule has 114 valence electrons. The molecule has 1 saturated carbocycles. The maximum Gasteiger partial charge on any atom is 0.317 e. The van der Waals surface area contributed by atoms with Crippen LogP contribution in [0.1, 0.15) is 32.1 Å². The topological polar surface area (TPSA) is 78.9 Å². The summed E-state index contributed by atoms with van der Waals surface area (Å²) in [5.41, 5.74) is 0. The number of likely N-dealkylation sites (tertiary alicyclic amines) is 1. The lowest BCUT2D eigenvalue weighted by atomic mass is 9.97. The lowest BCUT2D eigenvalue weighted by molar-refractivity contribution is -0.143. The van der Waals surface area contributed by atoms with E-state index in [1.165, 1.54) is 12.8 Å². The van der Waals surface area contributed by atoms with Crippen LogP contribution in [0.3, 0.4) is 0 Å². The molecule has 0 spiro atoms. The number of hydrogen-bond donors (Lipinski definition) is 2. The molecule has 0 atom stereocenters. The van der Waals surface area contributed by atoms with Gasteiger partial charge in [0.15, 0.2) is 0 Å². The van der Waals surface area contributed by atoms with Crippen LogP contribution >= 0.6 is 0 Å². The molecular formula is C14H24N2O4. The van der Waals surface area contributed by atoms with Crippen molar-refractivity contribution < 1.29 is 19.4 Å². The lowest BCUT2D eigenvalue weighted by Gasteiger charge is -2.30. The first kappa shape index (κ1) is 15.1. The maximum absolute atomic E-state index is 11.9. The third-order valence-corrected chi connectivity index (χ3v) is 3.92. The van der Waals surface area contributed by atoms with Gasteiger partial charge in [-0.25, -0.2) is 4.79 Å². The summed E-state index contributed by atoms with van der Waals surface area (Å²) < 4.78 is 5.50. The number of nitrogens with zero attached hydrogens (tertiary/aromatic N) is 1. The Labute approximate surface area is 119 Å². The quantitative estimate of drug-likeness (QED) is 0.691. The van der Waals surface area contributed by atoms with Crippen molar-refractivity contribution in [2.24, 2.45) is 11.8 Å². The fourth-order valence-electron chi connectivity index (χ4n) is 2.35. The highest BCUT2D eigenvalue weighted by atomic mass is 16.5. The molecule has 0 radical (unpaired) electrons. The molecule has 2 amide bonds. The van der Waals surface area contributed by atoms with Gasteiger partial charge in [-0.15, -0.1) is 0 Å². The minimum absolute atomic E-state index is 0.0870. The molecule has 1 saturated heterocycles. The van der Waals surface area contributed by atoms with Crippen molar-refractivity contribution in [3.05, 3.63) is 0 Å². The molecule has 0 aromatic heterocycles. The molecule has 2 rings (SSSR count). The molecule has 1 aliphatic carbocycles. The standard InChI is InChI=1S/C14H24N2O4/c17-13(18)12-4-7-16(8-5-12)14(19)15-6-1-9-20-10-11-2-3-11/h11-12H,1-10H2,(H,15,19)(H,17,18). The lowest BCUT2D eigenvalue weighted by Crippen LogP contribution is -2.45. The van der Waals surface area contributed by atoms with E-state index in [0.717, 1.165) is 18.9 Å². The van der Waals surface area contributed by atoms with E-state index in [1.807, 2.05) is 0 Å². The molecule has 0 aromatic carbocycles. The van der Waals surface area contributed by atoms with Gasteiger partial charge in [-0.3, -0.25) is 4.79 Å². The molecular weight excluding hydrogens is 260 g/mol. The second-order valence-electron chi connectivity index (χ2n) is 5.70. The Hall–Kier alpha value is -1.30. The summed E-state index contributed by atoms with van der Waals surface area (Å²) in [4.78, 5) is 24.4. The first-order valence-corrected chi connectivity index (χ1v) is 7.50. The number of carbonyl (C=O) groups is 2. The van der Waals surface area contributed by atoms with E-state index in [0.29, 0.717) is 39.1 Å². The number of carboxylic acids is 1. The van der Waals surface area contributed by atoms with Gasteiger partial charge in [0, 0.05) is 32.8 Å². The van der Waals surface area contributed by atoms with Gasteiger partial charge in [-0.2, -0.15) is 0 Å². The number of aliphatic carboxylic acids is 1. The summed E-state index contributed by atoms with van der Waals surface area (Å²) in [7, 11) is 0. The van der Waals surface area contributed by atoms with Crippen LogP contribution < -0.4 is 5.32 Å². The van der Waals surface area contributed by atoms with E-state index >= 15 is 0 Å². The Kier molecular flexibility index (Phi) is 5.64. The second kappa shape index (κ2) is 7.47. The van der Waals surface area contributed by atoms with Crippen LogP contribution in [0.25, 0.3) is 0 Å². The summed E-state index contributed by atoms with van der Waals surface area (Å²) in [6, 6.07) is -0.0870. The molecule has 1 aliphatic heterocycles. The third kappa shape index (κ3) is 5.00.